The average Bonchev–Trinajstić information content (AvgIpc) is 3.16. The Bertz CT molecular complexity index is 511. The number of hydrogen-bond acceptors (Lipinski definition) is 2. The van der Waals surface area contributed by atoms with E-state index in [4.69, 9.17) is 16.7 Å². The molecule has 1 atom stereocenters. The summed E-state index contributed by atoms with van der Waals surface area (Å²) in [6.07, 6.45) is 1.27. The molecule has 1 unspecified atom stereocenters. The third kappa shape index (κ3) is 3.07. The number of halogens is 1. The Balaban J connectivity index is 1.95. The van der Waals surface area contributed by atoms with Gasteiger partial charge in [0.05, 0.1) is 11.3 Å². The second kappa shape index (κ2) is 5.21. The van der Waals surface area contributed by atoms with Crippen LogP contribution in [0.5, 0.6) is 0 Å². The van der Waals surface area contributed by atoms with Gasteiger partial charge in [0.15, 0.2) is 0 Å². The van der Waals surface area contributed by atoms with E-state index in [0.717, 1.165) is 5.56 Å². The van der Waals surface area contributed by atoms with Crippen LogP contribution in [0, 0.1) is 5.41 Å². The van der Waals surface area contributed by atoms with Crippen molar-refractivity contribution in [3.8, 4) is 0 Å². The Morgan fingerprint density at radius 2 is 2.16 bits per heavy atom. The molecule has 5 heteroatoms. The van der Waals surface area contributed by atoms with Gasteiger partial charge in [-0.1, -0.05) is 23.7 Å². The van der Waals surface area contributed by atoms with Crippen LogP contribution >= 0.6 is 11.6 Å². The van der Waals surface area contributed by atoms with E-state index in [1.165, 1.54) is 0 Å². The molecular formula is C14H16ClNO3. The van der Waals surface area contributed by atoms with Crippen molar-refractivity contribution in [2.75, 3.05) is 6.54 Å². The Kier molecular flexibility index (Phi) is 3.80. The van der Waals surface area contributed by atoms with E-state index in [1.54, 1.807) is 25.1 Å². The van der Waals surface area contributed by atoms with Crippen LogP contribution < -0.4 is 5.32 Å². The summed E-state index contributed by atoms with van der Waals surface area (Å²) in [4.78, 5) is 23.0. The standard InChI is InChI=1S/C14H16ClNO3/c1-9(10-3-2-4-11(15)7-10)12(17)16-8-14(5-6-14)13(18)19/h2-4,7,9H,5-6,8H2,1H3,(H,16,17)(H,18,19). The zero-order chi connectivity index (χ0) is 14.0. The normalized spacial score (nSPS) is 17.6. The minimum Gasteiger partial charge on any atom is -0.481 e. The summed E-state index contributed by atoms with van der Waals surface area (Å²) < 4.78 is 0. The predicted octanol–water partition coefficient (Wildman–Crippen LogP) is 2.42. The van der Waals surface area contributed by atoms with Crippen molar-refractivity contribution in [3.05, 3.63) is 34.9 Å². The molecule has 19 heavy (non-hydrogen) atoms. The summed E-state index contributed by atoms with van der Waals surface area (Å²) >= 11 is 5.89. The second-order valence-corrected chi connectivity index (χ2v) is 5.52. The van der Waals surface area contributed by atoms with Gasteiger partial charge in [0.25, 0.3) is 0 Å². The Morgan fingerprint density at radius 3 is 2.68 bits per heavy atom. The monoisotopic (exact) mass is 281 g/mol. The van der Waals surface area contributed by atoms with Gasteiger partial charge in [0.2, 0.25) is 5.91 Å². The lowest BCUT2D eigenvalue weighted by Crippen LogP contribution is -2.36. The highest BCUT2D eigenvalue weighted by Gasteiger charge is 2.50. The Hall–Kier alpha value is -1.55. The fourth-order valence-corrected chi connectivity index (χ4v) is 2.15. The van der Waals surface area contributed by atoms with E-state index < -0.39 is 11.4 Å². The van der Waals surface area contributed by atoms with Crippen LogP contribution in [0.1, 0.15) is 31.2 Å². The Labute approximate surface area is 116 Å². The first kappa shape index (κ1) is 13.9. The lowest BCUT2D eigenvalue weighted by molar-refractivity contribution is -0.143. The van der Waals surface area contributed by atoms with Crippen molar-refractivity contribution in [3.63, 3.8) is 0 Å². The fraction of sp³-hybridized carbons (Fsp3) is 0.429. The summed E-state index contributed by atoms with van der Waals surface area (Å²) in [6, 6.07) is 7.12. The van der Waals surface area contributed by atoms with Gasteiger partial charge in [-0.2, -0.15) is 0 Å². The van der Waals surface area contributed by atoms with Gasteiger partial charge in [-0.15, -0.1) is 0 Å². The van der Waals surface area contributed by atoms with Crippen LogP contribution in [0.2, 0.25) is 5.02 Å². The maximum Gasteiger partial charge on any atom is 0.311 e. The van der Waals surface area contributed by atoms with Gasteiger partial charge in [-0.25, -0.2) is 0 Å². The fourth-order valence-electron chi connectivity index (χ4n) is 1.95. The molecule has 2 N–H and O–H groups in total. The van der Waals surface area contributed by atoms with E-state index in [-0.39, 0.29) is 18.4 Å². The number of carbonyl (C=O) groups is 2. The van der Waals surface area contributed by atoms with Crippen LogP contribution in [-0.2, 0) is 9.59 Å². The molecule has 1 amide bonds. The van der Waals surface area contributed by atoms with Crippen molar-refractivity contribution in [2.45, 2.75) is 25.7 Å². The molecule has 1 aliphatic rings. The van der Waals surface area contributed by atoms with Crippen molar-refractivity contribution in [1.29, 1.82) is 0 Å². The highest BCUT2D eigenvalue weighted by Crippen LogP contribution is 2.45. The van der Waals surface area contributed by atoms with E-state index in [1.807, 2.05) is 6.07 Å². The molecule has 1 fully saturated rings. The summed E-state index contributed by atoms with van der Waals surface area (Å²) in [5, 5.41) is 12.3. The van der Waals surface area contributed by atoms with Crippen molar-refractivity contribution in [1.82, 2.24) is 5.32 Å². The highest BCUT2D eigenvalue weighted by molar-refractivity contribution is 6.30. The summed E-state index contributed by atoms with van der Waals surface area (Å²) in [5.74, 6) is -1.35. The van der Waals surface area contributed by atoms with Crippen LogP contribution in [-0.4, -0.2) is 23.5 Å². The smallest absolute Gasteiger partial charge is 0.311 e. The third-order valence-electron chi connectivity index (χ3n) is 3.65. The molecule has 0 radical (unpaired) electrons. The molecule has 2 rings (SSSR count). The number of nitrogens with one attached hydrogen (secondary N) is 1. The molecule has 1 aromatic carbocycles. The first-order valence-corrected chi connectivity index (χ1v) is 6.59. The number of rotatable bonds is 5. The Morgan fingerprint density at radius 1 is 1.47 bits per heavy atom. The molecule has 4 nitrogen and oxygen atoms in total. The van der Waals surface area contributed by atoms with Gasteiger partial charge in [-0.3, -0.25) is 9.59 Å². The molecule has 0 aliphatic heterocycles. The SMILES string of the molecule is CC(C(=O)NCC1(C(=O)O)CC1)c1cccc(Cl)c1. The molecule has 0 aromatic heterocycles. The maximum absolute atomic E-state index is 12.0. The van der Waals surface area contributed by atoms with E-state index in [0.29, 0.717) is 17.9 Å². The number of carbonyl (C=O) groups excluding carboxylic acids is 1. The molecule has 0 spiro atoms. The topological polar surface area (TPSA) is 66.4 Å². The zero-order valence-corrected chi connectivity index (χ0v) is 11.4. The summed E-state index contributed by atoms with van der Waals surface area (Å²) in [5.41, 5.74) is 0.0918. The number of benzene rings is 1. The average molecular weight is 282 g/mol. The molecule has 0 bridgehead atoms. The van der Waals surface area contributed by atoms with Crippen molar-refractivity contribution >= 4 is 23.5 Å². The van der Waals surface area contributed by atoms with Crippen molar-refractivity contribution < 1.29 is 14.7 Å². The number of carboxylic acid groups (broad SMARTS) is 1. The molecule has 1 aliphatic carbocycles. The minimum absolute atomic E-state index is 0.171. The molecule has 0 heterocycles. The summed E-state index contributed by atoms with van der Waals surface area (Å²) in [6.45, 7) is 1.98. The van der Waals surface area contributed by atoms with Crippen LogP contribution in [0.4, 0.5) is 0 Å². The quantitative estimate of drug-likeness (QED) is 0.871. The minimum atomic E-state index is -0.830. The molecule has 0 saturated heterocycles. The van der Waals surface area contributed by atoms with Gasteiger partial charge in [0.1, 0.15) is 0 Å². The van der Waals surface area contributed by atoms with Crippen LogP contribution in [0.25, 0.3) is 0 Å². The summed E-state index contributed by atoms with van der Waals surface area (Å²) in [7, 11) is 0. The maximum atomic E-state index is 12.0. The van der Waals surface area contributed by atoms with Gasteiger partial charge in [0, 0.05) is 11.6 Å². The predicted molar refractivity (Wildman–Crippen MR) is 72.2 cm³/mol. The molecular weight excluding hydrogens is 266 g/mol. The van der Waals surface area contributed by atoms with Gasteiger partial charge < -0.3 is 10.4 Å². The number of hydrogen-bond donors (Lipinski definition) is 2. The molecule has 102 valence electrons. The van der Waals surface area contributed by atoms with Crippen LogP contribution in [0.15, 0.2) is 24.3 Å². The molecule has 1 saturated carbocycles. The van der Waals surface area contributed by atoms with E-state index in [2.05, 4.69) is 5.32 Å². The van der Waals surface area contributed by atoms with E-state index >= 15 is 0 Å². The van der Waals surface area contributed by atoms with Gasteiger partial charge >= 0.3 is 5.97 Å². The zero-order valence-electron chi connectivity index (χ0n) is 10.6. The van der Waals surface area contributed by atoms with Crippen molar-refractivity contribution in [2.24, 2.45) is 5.41 Å². The second-order valence-electron chi connectivity index (χ2n) is 5.08. The van der Waals surface area contributed by atoms with Gasteiger partial charge in [-0.05, 0) is 37.5 Å². The van der Waals surface area contributed by atoms with Crippen LogP contribution in [0.3, 0.4) is 0 Å². The number of carboxylic acids is 1. The number of amides is 1. The third-order valence-corrected chi connectivity index (χ3v) is 3.89. The number of aliphatic carboxylic acids is 1. The first-order chi connectivity index (χ1) is 8.94. The lowest BCUT2D eigenvalue weighted by Gasteiger charge is -2.15. The van der Waals surface area contributed by atoms with E-state index in [9.17, 15) is 9.59 Å². The largest absolute Gasteiger partial charge is 0.481 e. The first-order valence-electron chi connectivity index (χ1n) is 6.21. The molecule has 1 aromatic rings. The highest BCUT2D eigenvalue weighted by atomic mass is 35.5. The lowest BCUT2D eigenvalue weighted by atomic mass is 10.00.